The molecule has 1 amide bonds. The Balaban J connectivity index is 2.34. The highest BCUT2D eigenvalue weighted by Gasteiger charge is 2.29. The average Bonchev–Trinajstić information content (AvgIpc) is 2.53. The van der Waals surface area contributed by atoms with E-state index in [1.165, 1.54) is 25.1 Å². The average molecular weight is 436 g/mol. The van der Waals surface area contributed by atoms with Crippen molar-refractivity contribution in [1.82, 2.24) is 0 Å². The number of hydrogen-bond donors (Lipinski definition) is 1. The number of sulfonamides is 1. The molecule has 0 spiro atoms. The van der Waals surface area contributed by atoms with Gasteiger partial charge in [-0.3, -0.25) is 9.10 Å². The van der Waals surface area contributed by atoms with Crippen molar-refractivity contribution in [1.29, 1.82) is 0 Å². The van der Waals surface area contributed by atoms with Gasteiger partial charge in [-0.15, -0.1) is 0 Å². The van der Waals surface area contributed by atoms with Crippen LogP contribution in [0.4, 0.5) is 11.4 Å². The number of carbonyl (C=O) groups excluding carboxylic acids is 1. The minimum absolute atomic E-state index is 0.280. The van der Waals surface area contributed by atoms with Crippen LogP contribution < -0.4 is 9.62 Å². The number of aryl methyl sites for hydroxylation is 1. The molecule has 0 saturated heterocycles. The van der Waals surface area contributed by atoms with Gasteiger partial charge in [0.1, 0.15) is 6.04 Å². The van der Waals surface area contributed by atoms with Crippen LogP contribution in [0.1, 0.15) is 12.5 Å². The van der Waals surface area contributed by atoms with Crippen molar-refractivity contribution in [2.24, 2.45) is 0 Å². The Kier molecular flexibility index (Phi) is 6.45. The molecular weight excluding hydrogens is 419 g/mol. The second-order valence-corrected chi connectivity index (χ2v) is 8.87. The molecule has 0 fully saturated rings. The topological polar surface area (TPSA) is 66.5 Å². The van der Waals surface area contributed by atoms with Crippen molar-refractivity contribution in [2.45, 2.75) is 19.9 Å². The van der Waals surface area contributed by atoms with Crippen molar-refractivity contribution in [3.8, 4) is 0 Å². The molecule has 5 nitrogen and oxygen atoms in total. The van der Waals surface area contributed by atoms with Crippen LogP contribution in [-0.2, 0) is 14.8 Å². The summed E-state index contributed by atoms with van der Waals surface area (Å²) in [5, 5.41) is 3.68. The summed E-state index contributed by atoms with van der Waals surface area (Å²) in [6, 6.07) is 8.40. The summed E-state index contributed by atoms with van der Waals surface area (Å²) < 4.78 is 25.6. The minimum atomic E-state index is -3.73. The molecule has 0 radical (unpaired) electrons. The van der Waals surface area contributed by atoms with Crippen LogP contribution in [0, 0.1) is 6.92 Å². The lowest BCUT2D eigenvalue weighted by Crippen LogP contribution is -2.45. The highest BCUT2D eigenvalue weighted by Crippen LogP contribution is 2.28. The Labute approximate surface area is 167 Å². The number of anilines is 2. The SMILES string of the molecule is Cc1ccc(N(C(C)C(=O)Nc2ccc(Cl)c(Cl)c2)S(C)(=O)=O)cc1Cl. The van der Waals surface area contributed by atoms with Crippen molar-refractivity contribution in [3.63, 3.8) is 0 Å². The zero-order valence-electron chi connectivity index (χ0n) is 14.3. The molecule has 0 heterocycles. The Bertz CT molecular complexity index is 948. The predicted octanol–water partition coefficient (Wildman–Crippen LogP) is 4.75. The summed E-state index contributed by atoms with van der Waals surface area (Å²) in [5.41, 5.74) is 1.52. The molecule has 0 aliphatic rings. The maximum absolute atomic E-state index is 12.6. The molecule has 0 aliphatic heterocycles. The number of halogens is 3. The number of nitrogens with one attached hydrogen (secondary N) is 1. The van der Waals surface area contributed by atoms with Crippen LogP contribution in [0.5, 0.6) is 0 Å². The Morgan fingerprint density at radius 1 is 1.04 bits per heavy atom. The van der Waals surface area contributed by atoms with Gasteiger partial charge in [0.15, 0.2) is 0 Å². The van der Waals surface area contributed by atoms with Gasteiger partial charge in [-0.05, 0) is 49.7 Å². The van der Waals surface area contributed by atoms with E-state index in [2.05, 4.69) is 5.32 Å². The lowest BCUT2D eigenvalue weighted by Gasteiger charge is -2.28. The summed E-state index contributed by atoms with van der Waals surface area (Å²) in [5.74, 6) is -0.523. The van der Waals surface area contributed by atoms with Gasteiger partial charge in [-0.1, -0.05) is 40.9 Å². The number of carbonyl (C=O) groups is 1. The van der Waals surface area contributed by atoms with E-state index in [0.717, 1.165) is 16.1 Å². The first kappa shape index (κ1) is 20.8. The van der Waals surface area contributed by atoms with Crippen LogP contribution in [-0.4, -0.2) is 26.6 Å². The molecule has 9 heteroatoms. The third-order valence-corrected chi connectivity index (χ3v) is 6.07. The van der Waals surface area contributed by atoms with Gasteiger partial charge in [-0.2, -0.15) is 0 Å². The molecule has 26 heavy (non-hydrogen) atoms. The van der Waals surface area contributed by atoms with E-state index in [4.69, 9.17) is 34.8 Å². The third kappa shape index (κ3) is 4.82. The quantitative estimate of drug-likeness (QED) is 0.737. The van der Waals surface area contributed by atoms with E-state index >= 15 is 0 Å². The number of amides is 1. The van der Waals surface area contributed by atoms with Gasteiger partial charge in [0.25, 0.3) is 0 Å². The van der Waals surface area contributed by atoms with Gasteiger partial charge in [0, 0.05) is 10.7 Å². The summed E-state index contributed by atoms with van der Waals surface area (Å²) in [4.78, 5) is 12.6. The molecule has 1 unspecified atom stereocenters. The molecule has 0 saturated carbocycles. The molecule has 0 aliphatic carbocycles. The first-order chi connectivity index (χ1) is 12.0. The van der Waals surface area contributed by atoms with E-state index in [1.54, 1.807) is 25.1 Å². The molecule has 140 valence electrons. The smallest absolute Gasteiger partial charge is 0.247 e. The van der Waals surface area contributed by atoms with E-state index in [0.29, 0.717) is 21.4 Å². The van der Waals surface area contributed by atoms with Crippen molar-refractivity contribution in [2.75, 3.05) is 15.9 Å². The Morgan fingerprint density at radius 3 is 2.23 bits per heavy atom. The van der Waals surface area contributed by atoms with Gasteiger partial charge in [-0.25, -0.2) is 8.42 Å². The summed E-state index contributed by atoms with van der Waals surface area (Å²) in [6.45, 7) is 3.29. The number of benzene rings is 2. The highest BCUT2D eigenvalue weighted by atomic mass is 35.5. The van der Waals surface area contributed by atoms with Crippen molar-refractivity contribution in [3.05, 3.63) is 57.0 Å². The molecular formula is C17H17Cl3N2O3S. The summed E-state index contributed by atoms with van der Waals surface area (Å²) in [7, 11) is -3.73. The number of hydrogen-bond acceptors (Lipinski definition) is 3. The van der Waals surface area contributed by atoms with Gasteiger partial charge >= 0.3 is 0 Å². The minimum Gasteiger partial charge on any atom is -0.324 e. The fourth-order valence-electron chi connectivity index (χ4n) is 2.35. The monoisotopic (exact) mass is 434 g/mol. The van der Waals surface area contributed by atoms with Crippen molar-refractivity contribution < 1.29 is 13.2 Å². The van der Waals surface area contributed by atoms with Crippen LogP contribution in [0.3, 0.4) is 0 Å². The van der Waals surface area contributed by atoms with E-state index in [9.17, 15) is 13.2 Å². The first-order valence-electron chi connectivity index (χ1n) is 7.52. The third-order valence-electron chi connectivity index (χ3n) is 3.69. The standard InChI is InChI=1S/C17H17Cl3N2O3S/c1-10-4-6-13(9-15(10)19)22(26(3,24)25)11(2)17(23)21-12-5-7-14(18)16(20)8-12/h4-9,11H,1-3H3,(H,21,23). The van der Waals surface area contributed by atoms with E-state index in [1.807, 2.05) is 0 Å². The molecule has 1 N–H and O–H groups in total. The lowest BCUT2D eigenvalue weighted by molar-refractivity contribution is -0.116. The fraction of sp³-hybridized carbons (Fsp3) is 0.235. The first-order valence-corrected chi connectivity index (χ1v) is 10.5. The zero-order chi connectivity index (χ0) is 19.6. The summed E-state index contributed by atoms with van der Waals surface area (Å²) >= 11 is 17.9. The van der Waals surface area contributed by atoms with Crippen LogP contribution in [0.15, 0.2) is 36.4 Å². The predicted molar refractivity (Wildman–Crippen MR) is 108 cm³/mol. The highest BCUT2D eigenvalue weighted by molar-refractivity contribution is 7.92. The van der Waals surface area contributed by atoms with Crippen molar-refractivity contribution >= 4 is 62.1 Å². The van der Waals surface area contributed by atoms with E-state index in [-0.39, 0.29) is 5.02 Å². The van der Waals surface area contributed by atoms with Crippen LogP contribution in [0.25, 0.3) is 0 Å². The lowest BCUT2D eigenvalue weighted by atomic mass is 10.2. The maximum atomic E-state index is 12.6. The van der Waals surface area contributed by atoms with Gasteiger partial charge in [0.05, 0.1) is 22.0 Å². The van der Waals surface area contributed by atoms with Crippen LogP contribution >= 0.6 is 34.8 Å². The maximum Gasteiger partial charge on any atom is 0.247 e. The van der Waals surface area contributed by atoms with Gasteiger partial charge < -0.3 is 5.32 Å². The fourth-order valence-corrected chi connectivity index (χ4v) is 3.99. The molecule has 1 atom stereocenters. The Morgan fingerprint density at radius 2 is 1.69 bits per heavy atom. The van der Waals surface area contributed by atoms with E-state index < -0.39 is 22.0 Å². The second kappa shape index (κ2) is 8.05. The Hall–Kier alpha value is -1.47. The molecule has 0 aromatic heterocycles. The normalized spacial score (nSPS) is 12.5. The van der Waals surface area contributed by atoms with Gasteiger partial charge in [0.2, 0.25) is 15.9 Å². The number of nitrogens with zero attached hydrogens (tertiary/aromatic N) is 1. The molecule has 2 aromatic carbocycles. The molecule has 0 bridgehead atoms. The second-order valence-electron chi connectivity index (χ2n) is 5.79. The van der Waals surface area contributed by atoms with Crippen LogP contribution in [0.2, 0.25) is 15.1 Å². The largest absolute Gasteiger partial charge is 0.324 e. The summed E-state index contributed by atoms with van der Waals surface area (Å²) in [6.07, 6.45) is 1.03. The zero-order valence-corrected chi connectivity index (χ0v) is 17.3. The molecule has 2 aromatic rings. The number of rotatable bonds is 5. The molecule has 2 rings (SSSR count).